The fourth-order valence-electron chi connectivity index (χ4n) is 19.9. The third kappa shape index (κ3) is 14.4. The summed E-state index contributed by atoms with van der Waals surface area (Å²) >= 11 is 0. The van der Waals surface area contributed by atoms with Gasteiger partial charge in [0.1, 0.15) is 0 Å². The van der Waals surface area contributed by atoms with Crippen LogP contribution in [0.5, 0.6) is 0 Å². The van der Waals surface area contributed by atoms with Gasteiger partial charge in [-0.25, -0.2) is 0 Å². The van der Waals surface area contributed by atoms with Gasteiger partial charge >= 0.3 is 0 Å². The van der Waals surface area contributed by atoms with Crippen molar-refractivity contribution in [3.8, 4) is 67.0 Å². The number of hydrogen-bond donors (Lipinski definition) is 0. The zero-order valence-electron chi connectivity index (χ0n) is 72.8. The lowest BCUT2D eigenvalue weighted by Gasteiger charge is -2.26. The predicted molar refractivity (Wildman–Crippen MR) is 551 cm³/mol. The van der Waals surface area contributed by atoms with E-state index in [1.807, 2.05) is 0 Å². The maximum Gasteiger partial charge on any atom is 0.0542 e. The van der Waals surface area contributed by atoms with Crippen molar-refractivity contribution < 1.29 is 0 Å². The van der Waals surface area contributed by atoms with Gasteiger partial charge in [-0.15, -0.1) is 0 Å². The van der Waals surface area contributed by atoms with Crippen molar-refractivity contribution in [2.45, 2.75) is 40.0 Å². The van der Waals surface area contributed by atoms with E-state index in [1.165, 1.54) is 154 Å². The van der Waals surface area contributed by atoms with E-state index in [4.69, 9.17) is 0 Å². The molecule has 0 radical (unpaired) electrons. The Morgan fingerprint density at radius 2 is 0.473 bits per heavy atom. The lowest BCUT2D eigenvalue weighted by atomic mass is 9.81. The fraction of sp³-hybridized carbons (Fsp3) is 0.0484. The number of benzene rings is 21. The van der Waals surface area contributed by atoms with Crippen LogP contribution >= 0.6 is 0 Å². The Morgan fingerprint density at radius 1 is 0.186 bits per heavy atom. The van der Waals surface area contributed by atoms with Gasteiger partial charge in [0.15, 0.2) is 0 Å². The molecule has 0 amide bonds. The zero-order chi connectivity index (χ0) is 86.6. The lowest BCUT2D eigenvalue weighted by molar-refractivity contribution is 0.591. The number of fused-ring (bicyclic) bond motifs is 10. The molecule has 2 heterocycles. The number of para-hydroxylation sites is 7. The first kappa shape index (κ1) is 78.6. The van der Waals surface area contributed by atoms with Crippen molar-refractivity contribution in [1.82, 2.24) is 9.13 Å². The molecule has 0 fully saturated rings. The SMILES string of the molecule is CC(C)(C)c1ccc2c(-c3ccc(-n4c5ccc(N(c6ccccc6)c6ccccc6)cc5c5cc(N(c6ccccc6)c6ccccc6)ccc54)cc3)c3ccccc3c(-c3ccc(-c4ccccc4)cc3)c2c1.Cc1cc(-n2c3ccccc3c3cc(N(c4ccccc4)c4ccccc4)ccc32)c(C)cc1-c1c2ccccc2c(-c2ccccc2)c2ccccc12. The topological polar surface area (TPSA) is 19.6 Å². The summed E-state index contributed by atoms with van der Waals surface area (Å²) in [5.41, 5.74) is 33.2. The quantitative estimate of drug-likeness (QED) is 0.0899. The van der Waals surface area contributed by atoms with Crippen LogP contribution in [0.3, 0.4) is 0 Å². The normalized spacial score (nSPS) is 11.6. The Bertz CT molecular complexity index is 7790. The van der Waals surface area contributed by atoms with Gasteiger partial charge in [0, 0.05) is 84.1 Å². The van der Waals surface area contributed by atoms with Gasteiger partial charge in [0.25, 0.3) is 0 Å². The summed E-state index contributed by atoms with van der Waals surface area (Å²) in [7, 11) is 0. The van der Waals surface area contributed by atoms with E-state index in [1.54, 1.807) is 0 Å². The highest BCUT2D eigenvalue weighted by atomic mass is 15.2. The molecule has 21 aromatic carbocycles. The van der Waals surface area contributed by atoms with Crippen LogP contribution in [-0.2, 0) is 5.41 Å². The van der Waals surface area contributed by atoms with Crippen molar-refractivity contribution in [2.24, 2.45) is 0 Å². The van der Waals surface area contributed by atoms with Crippen LogP contribution in [0, 0.1) is 13.8 Å². The molecule has 0 unspecified atom stereocenters. The second kappa shape index (κ2) is 33.3. The second-order valence-electron chi connectivity index (χ2n) is 34.8. The van der Waals surface area contributed by atoms with Crippen LogP contribution in [0.4, 0.5) is 51.2 Å². The van der Waals surface area contributed by atoms with Crippen LogP contribution in [0.25, 0.3) is 154 Å². The van der Waals surface area contributed by atoms with E-state index in [-0.39, 0.29) is 5.41 Å². The summed E-state index contributed by atoms with van der Waals surface area (Å²) in [5.74, 6) is 0. The molecule has 0 saturated carbocycles. The Kier molecular flexibility index (Phi) is 20.3. The highest BCUT2D eigenvalue weighted by Gasteiger charge is 2.27. The molecule has 0 bridgehead atoms. The van der Waals surface area contributed by atoms with Crippen LogP contribution in [0.1, 0.15) is 37.5 Å². The number of hydrogen-bond acceptors (Lipinski definition) is 3. The van der Waals surface area contributed by atoms with E-state index < -0.39 is 0 Å². The van der Waals surface area contributed by atoms with Crippen molar-refractivity contribution in [3.63, 3.8) is 0 Å². The van der Waals surface area contributed by atoms with Gasteiger partial charge in [0.05, 0.1) is 22.1 Å². The van der Waals surface area contributed by atoms with Crippen molar-refractivity contribution >= 4 is 138 Å². The minimum absolute atomic E-state index is 0.0251. The number of aryl methyl sites for hydroxylation is 2. The molecule has 2 aromatic heterocycles. The van der Waals surface area contributed by atoms with Crippen LogP contribution < -0.4 is 14.7 Å². The minimum atomic E-state index is -0.0251. The zero-order valence-corrected chi connectivity index (χ0v) is 72.8. The lowest BCUT2D eigenvalue weighted by Crippen LogP contribution is -2.10. The molecule has 0 aliphatic heterocycles. The first-order valence-electron chi connectivity index (χ1n) is 44.7. The Hall–Kier alpha value is -16.3. The molecule has 23 aromatic rings. The molecular weight excluding hydrogens is 1560 g/mol. The molecule has 0 N–H and O–H groups in total. The summed E-state index contributed by atoms with van der Waals surface area (Å²) in [5, 5.41) is 14.9. The van der Waals surface area contributed by atoms with E-state index in [0.29, 0.717) is 0 Å². The van der Waals surface area contributed by atoms with Crippen LogP contribution in [-0.4, -0.2) is 9.13 Å². The number of rotatable bonds is 16. The van der Waals surface area contributed by atoms with E-state index in [0.717, 1.165) is 67.9 Å². The van der Waals surface area contributed by atoms with Gasteiger partial charge in [-0.2, -0.15) is 0 Å². The molecule has 0 aliphatic carbocycles. The highest BCUT2D eigenvalue weighted by Crippen LogP contribution is 2.51. The Morgan fingerprint density at radius 3 is 0.868 bits per heavy atom. The third-order valence-corrected chi connectivity index (χ3v) is 25.9. The summed E-state index contributed by atoms with van der Waals surface area (Å²) in [6, 6.07) is 172. The minimum Gasteiger partial charge on any atom is -0.310 e. The number of nitrogens with zero attached hydrogens (tertiary/aromatic N) is 5. The summed E-state index contributed by atoms with van der Waals surface area (Å²) in [6.07, 6.45) is 0. The van der Waals surface area contributed by atoms with Gasteiger partial charge in [-0.1, -0.05) is 330 Å². The molecule has 0 saturated heterocycles. The van der Waals surface area contributed by atoms with E-state index >= 15 is 0 Å². The molecule has 0 aliphatic rings. The number of anilines is 9. The summed E-state index contributed by atoms with van der Waals surface area (Å²) < 4.78 is 4.91. The maximum absolute atomic E-state index is 2.46. The van der Waals surface area contributed by atoms with E-state index in [2.05, 4.69) is 532 Å². The van der Waals surface area contributed by atoms with Crippen LogP contribution in [0.2, 0.25) is 0 Å². The molecule has 614 valence electrons. The average Bonchev–Trinajstić information content (AvgIpc) is 1.60. The first-order valence-corrected chi connectivity index (χ1v) is 44.7. The van der Waals surface area contributed by atoms with Crippen LogP contribution in [0.15, 0.2) is 473 Å². The van der Waals surface area contributed by atoms with Crippen molar-refractivity contribution in [3.05, 3.63) is 490 Å². The van der Waals surface area contributed by atoms with Crippen molar-refractivity contribution in [1.29, 1.82) is 0 Å². The molecule has 5 nitrogen and oxygen atoms in total. The Balaban J connectivity index is 0.000000160. The van der Waals surface area contributed by atoms with Gasteiger partial charge in [-0.05, 0) is 298 Å². The largest absolute Gasteiger partial charge is 0.310 e. The predicted octanol–water partition coefficient (Wildman–Crippen LogP) is 34.8. The number of aromatic nitrogens is 2. The Labute approximate surface area is 753 Å². The molecule has 0 spiro atoms. The van der Waals surface area contributed by atoms with Gasteiger partial charge < -0.3 is 23.8 Å². The maximum atomic E-state index is 2.46. The second-order valence-corrected chi connectivity index (χ2v) is 34.8. The molecule has 0 atom stereocenters. The smallest absolute Gasteiger partial charge is 0.0542 e. The fourth-order valence-corrected chi connectivity index (χ4v) is 19.9. The average molecular weight is 1650 g/mol. The standard InChI is InChI=1S/C72H55N3.C52H38N2/c1-72(2,3)54-39-44-64-67(47-54)71(52-35-33-51(34-36-52)50-21-9-4-10-22-50)63-32-20-19-31-62(63)70(64)53-37-40-59(41-38-53)75-68-45-42-60(73(55-23-11-5-12-24-55)56-25-13-6-14-26-56)48-65(68)66-49-61(43-46-69(66)75)74(57-27-15-7-16-28-57)58-29-17-8-18-30-58;1-35-33-50(36(2)32-46(35)52-44-27-14-12-25-42(44)51(37-18-6-3-7-19-37)43-26-13-15-28-45(43)52)54-48-29-17-16-24-41(48)47-34-40(30-31-49(47)54)53(38-20-8-4-9-21-38)39-22-10-5-11-23-39/h4-49H,1-3H3;3-34H,1-2H3. The monoisotopic (exact) mass is 1650 g/mol. The van der Waals surface area contributed by atoms with Crippen molar-refractivity contribution in [2.75, 3.05) is 14.7 Å². The summed E-state index contributed by atoms with van der Waals surface area (Å²) in [6.45, 7) is 11.5. The molecule has 5 heteroatoms. The highest BCUT2D eigenvalue weighted by molar-refractivity contribution is 6.24. The van der Waals surface area contributed by atoms with E-state index in [9.17, 15) is 0 Å². The first-order chi connectivity index (χ1) is 63.5. The third-order valence-electron chi connectivity index (χ3n) is 25.9. The molecular formula is C124H93N5. The van der Waals surface area contributed by atoms with Gasteiger partial charge in [-0.3, -0.25) is 0 Å². The summed E-state index contributed by atoms with van der Waals surface area (Å²) in [4.78, 5) is 7.05. The molecule has 23 rings (SSSR count). The van der Waals surface area contributed by atoms with Gasteiger partial charge in [0.2, 0.25) is 0 Å². The molecule has 129 heavy (non-hydrogen) atoms.